The second kappa shape index (κ2) is 3.99. The van der Waals surface area contributed by atoms with E-state index in [0.29, 0.717) is 14.5 Å². The quantitative estimate of drug-likeness (QED) is 0.386. The topological polar surface area (TPSA) is 0 Å². The Hall–Kier alpha value is -0.511. The Morgan fingerprint density at radius 1 is 0.778 bits per heavy atom. The molecule has 2 heteroatoms. The van der Waals surface area contributed by atoms with Gasteiger partial charge in [0.1, 0.15) is 0 Å². The third-order valence-corrected chi connectivity index (χ3v) is 8.37. The molecule has 0 radical (unpaired) electrons. The third-order valence-electron chi connectivity index (χ3n) is 3.36. The maximum absolute atomic E-state index is 2.45. The molecule has 0 aliphatic carbocycles. The van der Waals surface area contributed by atoms with Crippen molar-refractivity contribution < 1.29 is 0 Å². The zero-order valence-corrected chi connectivity index (χ0v) is 14.3. The van der Waals surface area contributed by atoms with Gasteiger partial charge in [-0.2, -0.15) is 0 Å². The number of hydrogen-bond acceptors (Lipinski definition) is 0. The van der Waals surface area contributed by atoms with E-state index in [1.54, 1.807) is 15.7 Å². The molecular formula is C16H12SeTe. The molecule has 2 aromatic heterocycles. The molecule has 4 aromatic rings. The van der Waals surface area contributed by atoms with Crippen molar-refractivity contribution in [1.82, 2.24) is 0 Å². The molecule has 0 saturated heterocycles. The van der Waals surface area contributed by atoms with Crippen LogP contribution in [0, 0.1) is 13.8 Å². The van der Waals surface area contributed by atoms with E-state index in [-0.39, 0.29) is 20.4 Å². The van der Waals surface area contributed by atoms with Crippen LogP contribution >= 0.6 is 0 Å². The summed E-state index contributed by atoms with van der Waals surface area (Å²) in [6.45, 7) is 4.53. The normalized spacial score (nSPS) is 11.9. The van der Waals surface area contributed by atoms with Gasteiger partial charge in [0.2, 0.25) is 0 Å². The predicted molar refractivity (Wildman–Crippen MR) is 82.3 cm³/mol. The van der Waals surface area contributed by atoms with Crippen molar-refractivity contribution in [3.05, 3.63) is 44.4 Å². The SMILES string of the molecule is Cc1cc2cc3cc4cc(C)[te]c4cc3cc2[se]1. The van der Waals surface area contributed by atoms with E-state index in [1.165, 1.54) is 21.5 Å². The van der Waals surface area contributed by atoms with Crippen molar-refractivity contribution in [2.45, 2.75) is 13.8 Å². The Balaban J connectivity index is 2.17. The van der Waals surface area contributed by atoms with Crippen LogP contribution in [0.4, 0.5) is 0 Å². The molecule has 18 heavy (non-hydrogen) atoms. The first-order valence-corrected chi connectivity index (χ1v) is 10.1. The van der Waals surface area contributed by atoms with Crippen LogP contribution in [-0.2, 0) is 0 Å². The van der Waals surface area contributed by atoms with Crippen molar-refractivity contribution in [3.63, 3.8) is 0 Å². The molecule has 0 amide bonds. The zero-order valence-electron chi connectivity index (χ0n) is 10.3. The van der Waals surface area contributed by atoms with E-state index < -0.39 is 0 Å². The van der Waals surface area contributed by atoms with Crippen molar-refractivity contribution >= 4 is 64.1 Å². The van der Waals surface area contributed by atoms with Crippen LogP contribution in [0.3, 0.4) is 0 Å². The second-order valence-corrected chi connectivity index (χ2v) is 11.2. The molecular weight excluding hydrogens is 399 g/mol. The summed E-state index contributed by atoms with van der Waals surface area (Å²) < 4.78 is 6.35. The molecule has 0 atom stereocenters. The van der Waals surface area contributed by atoms with E-state index in [9.17, 15) is 0 Å². The van der Waals surface area contributed by atoms with Crippen LogP contribution < -0.4 is 0 Å². The van der Waals surface area contributed by atoms with Gasteiger partial charge in [-0.3, -0.25) is 0 Å². The van der Waals surface area contributed by atoms with Gasteiger partial charge >= 0.3 is 122 Å². The van der Waals surface area contributed by atoms with Crippen LogP contribution in [0.15, 0.2) is 36.4 Å². The molecule has 0 aliphatic heterocycles. The molecule has 0 bridgehead atoms. The van der Waals surface area contributed by atoms with Gasteiger partial charge in [-0.1, -0.05) is 0 Å². The monoisotopic (exact) mass is 414 g/mol. The van der Waals surface area contributed by atoms with Gasteiger partial charge in [0, 0.05) is 0 Å². The van der Waals surface area contributed by atoms with Gasteiger partial charge in [-0.05, 0) is 0 Å². The van der Waals surface area contributed by atoms with Crippen LogP contribution in [0.5, 0.6) is 0 Å². The Kier molecular flexibility index (Phi) is 2.51. The summed E-state index contributed by atoms with van der Waals surface area (Å²) >= 11 is 0.502. The first kappa shape index (κ1) is 11.3. The van der Waals surface area contributed by atoms with E-state index in [1.807, 2.05) is 0 Å². The Labute approximate surface area is 122 Å². The molecule has 88 valence electrons. The van der Waals surface area contributed by atoms with Gasteiger partial charge in [-0.25, -0.2) is 0 Å². The number of fused-ring (bicyclic) bond motifs is 3. The molecule has 0 saturated carbocycles. The fourth-order valence-corrected chi connectivity index (χ4v) is 7.32. The fraction of sp³-hybridized carbons (Fsp3) is 0.125. The summed E-state index contributed by atoms with van der Waals surface area (Å²) in [5.74, 6) is 0. The fourth-order valence-electron chi connectivity index (χ4n) is 2.59. The van der Waals surface area contributed by atoms with Crippen LogP contribution in [0.1, 0.15) is 8.02 Å². The van der Waals surface area contributed by atoms with E-state index in [0.717, 1.165) is 0 Å². The number of rotatable bonds is 0. The Morgan fingerprint density at radius 2 is 1.56 bits per heavy atom. The average molecular weight is 411 g/mol. The van der Waals surface area contributed by atoms with Crippen molar-refractivity contribution in [1.29, 1.82) is 0 Å². The molecule has 0 fully saturated rings. The molecule has 2 heterocycles. The summed E-state index contributed by atoms with van der Waals surface area (Å²) in [5, 5.41) is 5.79. The third kappa shape index (κ3) is 1.72. The van der Waals surface area contributed by atoms with Crippen molar-refractivity contribution in [2.24, 2.45) is 0 Å². The zero-order chi connectivity index (χ0) is 12.3. The standard InChI is InChI=1S/C16H12SeTe/c1-9-3-13-5-11-6-14-4-10(2)18-16(14)8-12(11)7-15(13)17-9/h3-8H,1-2H3. The van der Waals surface area contributed by atoms with Crippen LogP contribution in [0.2, 0.25) is 0 Å². The summed E-state index contributed by atoms with van der Waals surface area (Å²) in [7, 11) is 0. The van der Waals surface area contributed by atoms with Gasteiger partial charge in [0.15, 0.2) is 0 Å². The molecule has 0 aliphatic rings. The molecule has 2 aromatic carbocycles. The molecule has 0 N–H and O–H groups in total. The number of aryl methyl sites for hydroxylation is 2. The van der Waals surface area contributed by atoms with Crippen LogP contribution in [-0.4, -0.2) is 34.9 Å². The van der Waals surface area contributed by atoms with E-state index in [4.69, 9.17) is 0 Å². The number of hydrogen-bond donors (Lipinski definition) is 0. The van der Waals surface area contributed by atoms with Gasteiger partial charge in [-0.15, -0.1) is 0 Å². The van der Waals surface area contributed by atoms with Gasteiger partial charge in [0.05, 0.1) is 0 Å². The minimum absolute atomic E-state index is 0.0608. The van der Waals surface area contributed by atoms with Gasteiger partial charge < -0.3 is 0 Å². The Bertz CT molecular complexity index is 754. The van der Waals surface area contributed by atoms with Crippen molar-refractivity contribution in [2.75, 3.05) is 0 Å². The van der Waals surface area contributed by atoms with Gasteiger partial charge in [0.25, 0.3) is 0 Å². The second-order valence-electron chi connectivity index (χ2n) is 4.84. The van der Waals surface area contributed by atoms with Crippen LogP contribution in [0.25, 0.3) is 29.2 Å². The molecule has 0 nitrogen and oxygen atoms in total. The maximum atomic E-state index is 2.45. The predicted octanol–water partition coefficient (Wildman–Crippen LogP) is 3.88. The van der Waals surface area contributed by atoms with Crippen molar-refractivity contribution in [3.8, 4) is 0 Å². The Morgan fingerprint density at radius 3 is 2.44 bits per heavy atom. The summed E-state index contributed by atoms with van der Waals surface area (Å²) in [6, 6.07) is 14.4. The average Bonchev–Trinajstić information content (AvgIpc) is 2.82. The first-order valence-electron chi connectivity index (χ1n) is 6.03. The molecule has 0 spiro atoms. The molecule has 0 unspecified atom stereocenters. The van der Waals surface area contributed by atoms with E-state index in [2.05, 4.69) is 50.2 Å². The first-order chi connectivity index (χ1) is 8.69. The molecule has 4 rings (SSSR count). The number of benzene rings is 2. The summed E-state index contributed by atoms with van der Waals surface area (Å²) in [5.41, 5.74) is 0. The van der Waals surface area contributed by atoms with E-state index >= 15 is 0 Å². The minimum atomic E-state index is -0.0608. The summed E-state index contributed by atoms with van der Waals surface area (Å²) in [4.78, 5) is 0. The summed E-state index contributed by atoms with van der Waals surface area (Å²) in [6.07, 6.45) is 0.